The van der Waals surface area contributed by atoms with Gasteiger partial charge in [0.1, 0.15) is 17.3 Å². The number of anilines is 3. The number of rotatable bonds is 4. The number of halogens is 1. The SMILES string of the molecule is Cc1cc(Nc2nccc(C(=O)N3CCN(c4ccc(F)cc4)CC3)n2)no1. The van der Waals surface area contributed by atoms with Gasteiger partial charge in [-0.25, -0.2) is 14.4 Å². The number of benzene rings is 1. The molecule has 0 bridgehead atoms. The van der Waals surface area contributed by atoms with Gasteiger partial charge in [0.15, 0.2) is 5.82 Å². The first-order chi connectivity index (χ1) is 13.6. The molecule has 0 spiro atoms. The minimum atomic E-state index is -0.258. The van der Waals surface area contributed by atoms with Crippen molar-refractivity contribution in [1.29, 1.82) is 0 Å². The van der Waals surface area contributed by atoms with E-state index in [0.717, 1.165) is 5.69 Å². The van der Waals surface area contributed by atoms with Gasteiger partial charge in [-0.1, -0.05) is 5.16 Å². The molecule has 2 aromatic heterocycles. The second kappa shape index (κ2) is 7.63. The van der Waals surface area contributed by atoms with E-state index < -0.39 is 0 Å². The van der Waals surface area contributed by atoms with Crippen molar-refractivity contribution in [2.45, 2.75) is 6.92 Å². The molecule has 0 aliphatic carbocycles. The minimum Gasteiger partial charge on any atom is -0.368 e. The molecule has 144 valence electrons. The Morgan fingerprint density at radius 1 is 1.14 bits per heavy atom. The second-order valence-corrected chi connectivity index (χ2v) is 6.47. The number of nitrogens with zero attached hydrogens (tertiary/aromatic N) is 5. The summed E-state index contributed by atoms with van der Waals surface area (Å²) in [7, 11) is 0. The molecule has 0 atom stereocenters. The van der Waals surface area contributed by atoms with Crippen LogP contribution >= 0.6 is 0 Å². The molecule has 28 heavy (non-hydrogen) atoms. The zero-order chi connectivity index (χ0) is 19.5. The van der Waals surface area contributed by atoms with Gasteiger partial charge in [-0.15, -0.1) is 0 Å². The van der Waals surface area contributed by atoms with Crippen LogP contribution in [-0.2, 0) is 0 Å². The summed E-state index contributed by atoms with van der Waals surface area (Å²) < 4.78 is 18.1. The zero-order valence-electron chi connectivity index (χ0n) is 15.3. The van der Waals surface area contributed by atoms with Gasteiger partial charge in [-0.3, -0.25) is 4.79 Å². The van der Waals surface area contributed by atoms with Crippen LogP contribution in [0.25, 0.3) is 0 Å². The van der Waals surface area contributed by atoms with Gasteiger partial charge in [0.25, 0.3) is 5.91 Å². The summed E-state index contributed by atoms with van der Waals surface area (Å²) >= 11 is 0. The minimum absolute atomic E-state index is 0.152. The van der Waals surface area contributed by atoms with E-state index in [1.54, 1.807) is 36.1 Å². The van der Waals surface area contributed by atoms with Crippen molar-refractivity contribution in [2.75, 3.05) is 36.4 Å². The Hall–Kier alpha value is -3.49. The van der Waals surface area contributed by atoms with Crippen LogP contribution in [0.2, 0.25) is 0 Å². The quantitative estimate of drug-likeness (QED) is 0.742. The fourth-order valence-corrected chi connectivity index (χ4v) is 3.06. The first-order valence-electron chi connectivity index (χ1n) is 8.92. The normalized spacial score (nSPS) is 14.2. The van der Waals surface area contributed by atoms with E-state index in [9.17, 15) is 9.18 Å². The monoisotopic (exact) mass is 382 g/mol. The van der Waals surface area contributed by atoms with Gasteiger partial charge in [0, 0.05) is 44.1 Å². The second-order valence-electron chi connectivity index (χ2n) is 6.47. The number of carbonyl (C=O) groups is 1. The third kappa shape index (κ3) is 3.93. The van der Waals surface area contributed by atoms with E-state index in [1.807, 2.05) is 0 Å². The molecular weight excluding hydrogens is 363 g/mol. The molecule has 3 aromatic rings. The molecule has 1 aliphatic heterocycles. The first kappa shape index (κ1) is 17.9. The van der Waals surface area contributed by atoms with Gasteiger partial charge in [-0.2, -0.15) is 0 Å². The number of carbonyl (C=O) groups excluding carboxylic acids is 1. The lowest BCUT2D eigenvalue weighted by molar-refractivity contribution is 0.0741. The molecule has 0 saturated carbocycles. The van der Waals surface area contributed by atoms with Crippen molar-refractivity contribution in [3.05, 3.63) is 59.9 Å². The van der Waals surface area contributed by atoms with Crippen LogP contribution in [0, 0.1) is 12.7 Å². The molecule has 1 aromatic carbocycles. The van der Waals surface area contributed by atoms with E-state index >= 15 is 0 Å². The smallest absolute Gasteiger partial charge is 0.272 e. The highest BCUT2D eigenvalue weighted by Crippen LogP contribution is 2.18. The Morgan fingerprint density at radius 3 is 2.57 bits per heavy atom. The van der Waals surface area contributed by atoms with E-state index in [-0.39, 0.29) is 17.7 Å². The van der Waals surface area contributed by atoms with Gasteiger partial charge in [0.2, 0.25) is 5.95 Å². The molecular formula is C19H19FN6O2. The van der Waals surface area contributed by atoms with E-state index in [2.05, 4.69) is 25.3 Å². The highest BCUT2D eigenvalue weighted by Gasteiger charge is 2.23. The topological polar surface area (TPSA) is 87.4 Å². The zero-order valence-corrected chi connectivity index (χ0v) is 15.3. The van der Waals surface area contributed by atoms with Crippen molar-refractivity contribution in [2.24, 2.45) is 0 Å². The lowest BCUT2D eigenvalue weighted by Gasteiger charge is -2.36. The highest BCUT2D eigenvalue weighted by molar-refractivity contribution is 5.92. The summed E-state index contributed by atoms with van der Waals surface area (Å²) in [6.45, 7) is 4.25. The lowest BCUT2D eigenvalue weighted by atomic mass is 10.2. The summed E-state index contributed by atoms with van der Waals surface area (Å²) in [4.78, 5) is 25.1. The third-order valence-corrected chi connectivity index (χ3v) is 4.50. The molecule has 4 rings (SSSR count). The molecule has 1 aliphatic rings. The molecule has 0 radical (unpaired) electrons. The van der Waals surface area contributed by atoms with Crippen molar-refractivity contribution in [3.8, 4) is 0 Å². The van der Waals surface area contributed by atoms with E-state index in [1.165, 1.54) is 18.3 Å². The van der Waals surface area contributed by atoms with E-state index in [4.69, 9.17) is 4.52 Å². The number of aromatic nitrogens is 3. The van der Waals surface area contributed by atoms with Crippen LogP contribution in [0.4, 0.5) is 21.8 Å². The van der Waals surface area contributed by atoms with Gasteiger partial charge in [0.05, 0.1) is 0 Å². The first-order valence-corrected chi connectivity index (χ1v) is 8.92. The maximum absolute atomic E-state index is 13.1. The van der Waals surface area contributed by atoms with Crippen LogP contribution < -0.4 is 10.2 Å². The Kier molecular flexibility index (Phi) is 4.88. The summed E-state index contributed by atoms with van der Waals surface area (Å²) in [5.41, 5.74) is 1.26. The predicted molar refractivity (Wildman–Crippen MR) is 101 cm³/mol. The molecule has 3 heterocycles. The number of amides is 1. The van der Waals surface area contributed by atoms with Gasteiger partial charge in [-0.05, 0) is 37.3 Å². The fraction of sp³-hybridized carbons (Fsp3) is 0.263. The number of aryl methyl sites for hydroxylation is 1. The molecule has 9 heteroatoms. The summed E-state index contributed by atoms with van der Waals surface area (Å²) in [5, 5.41) is 6.75. The van der Waals surface area contributed by atoms with Crippen molar-refractivity contribution < 1.29 is 13.7 Å². The van der Waals surface area contributed by atoms with Crippen LogP contribution in [0.1, 0.15) is 16.2 Å². The molecule has 1 saturated heterocycles. The van der Waals surface area contributed by atoms with Crippen molar-refractivity contribution in [1.82, 2.24) is 20.0 Å². The van der Waals surface area contributed by atoms with Crippen molar-refractivity contribution >= 4 is 23.4 Å². The Bertz CT molecular complexity index is 967. The van der Waals surface area contributed by atoms with Gasteiger partial charge >= 0.3 is 0 Å². The standard InChI is InChI=1S/C19H19FN6O2/c1-13-12-17(24-28-13)23-19-21-7-6-16(22-19)18(27)26-10-8-25(9-11-26)15-4-2-14(20)3-5-15/h2-7,12H,8-11H2,1H3,(H,21,22,23,24). The van der Waals surface area contributed by atoms with E-state index in [0.29, 0.717) is 43.5 Å². The Morgan fingerprint density at radius 2 is 1.89 bits per heavy atom. The average molecular weight is 382 g/mol. The van der Waals surface area contributed by atoms with Crippen LogP contribution in [-0.4, -0.2) is 52.1 Å². The third-order valence-electron chi connectivity index (χ3n) is 4.50. The van der Waals surface area contributed by atoms with Gasteiger partial charge < -0.3 is 19.6 Å². The van der Waals surface area contributed by atoms with Crippen molar-refractivity contribution in [3.63, 3.8) is 0 Å². The Balaban J connectivity index is 1.39. The molecule has 0 unspecified atom stereocenters. The molecule has 1 N–H and O–H groups in total. The number of hydrogen-bond donors (Lipinski definition) is 1. The summed E-state index contributed by atoms with van der Waals surface area (Å²) in [6, 6.07) is 9.69. The summed E-state index contributed by atoms with van der Waals surface area (Å²) in [6.07, 6.45) is 1.53. The molecule has 1 amide bonds. The van der Waals surface area contributed by atoms with Crippen LogP contribution in [0.5, 0.6) is 0 Å². The number of piperazine rings is 1. The largest absolute Gasteiger partial charge is 0.368 e. The molecule has 1 fully saturated rings. The maximum atomic E-state index is 13.1. The average Bonchev–Trinajstić information content (AvgIpc) is 3.13. The summed E-state index contributed by atoms with van der Waals surface area (Å²) in [5.74, 6) is 1.01. The highest BCUT2D eigenvalue weighted by atomic mass is 19.1. The Labute approximate surface area is 161 Å². The number of nitrogens with one attached hydrogen (secondary N) is 1. The fourth-order valence-electron chi connectivity index (χ4n) is 3.06. The molecule has 8 nitrogen and oxygen atoms in total. The maximum Gasteiger partial charge on any atom is 0.272 e. The lowest BCUT2D eigenvalue weighted by Crippen LogP contribution is -2.49. The predicted octanol–water partition coefficient (Wildman–Crippen LogP) is 2.62. The number of hydrogen-bond acceptors (Lipinski definition) is 7. The van der Waals surface area contributed by atoms with Crippen LogP contribution in [0.15, 0.2) is 47.1 Å². The van der Waals surface area contributed by atoms with Crippen LogP contribution in [0.3, 0.4) is 0 Å².